The van der Waals surface area contributed by atoms with E-state index in [0.717, 1.165) is 32.1 Å². The molecule has 3 aliphatic rings. The number of furan rings is 1. The van der Waals surface area contributed by atoms with Gasteiger partial charge >= 0.3 is 11.9 Å². The second-order valence-corrected chi connectivity index (χ2v) is 11.0. The minimum absolute atomic E-state index is 0.00284. The Labute approximate surface area is 222 Å². The van der Waals surface area contributed by atoms with Gasteiger partial charge in [-0.3, -0.25) is 14.5 Å². The molecule has 12 nitrogen and oxygen atoms in total. The molecular weight excluding hydrogens is 516 g/mol. The molecule has 0 aromatic carbocycles. The number of amides is 2. The average molecular weight is 547 g/mol. The first-order valence-corrected chi connectivity index (χ1v) is 13.4. The van der Waals surface area contributed by atoms with Crippen LogP contribution in [0.25, 0.3) is 0 Å². The SMILES string of the molecule is CC(C)(ON=C(C(=O)N[C@@H]1C(=O)N2C(C(=O)O)=C(C3CCCCCC3C=N)CS[C@H]12)c1ccco1)C(=O)O. The maximum atomic E-state index is 13.2. The summed E-state index contributed by atoms with van der Waals surface area (Å²) in [6.07, 6.45) is 7.19. The van der Waals surface area contributed by atoms with Crippen LogP contribution in [0.2, 0.25) is 0 Å². The molecule has 0 bridgehead atoms. The van der Waals surface area contributed by atoms with Gasteiger partial charge < -0.3 is 30.2 Å². The lowest BCUT2D eigenvalue weighted by Gasteiger charge is -2.50. The molecule has 0 radical (unpaired) electrons. The van der Waals surface area contributed by atoms with Gasteiger partial charge in [0.05, 0.1) is 6.26 Å². The zero-order chi connectivity index (χ0) is 27.6. The number of β-lactam (4-membered cyclic amide) rings is 1. The smallest absolute Gasteiger partial charge is 0.352 e. The highest BCUT2D eigenvalue weighted by atomic mass is 32.2. The number of hydrogen-bond acceptors (Lipinski definition) is 9. The van der Waals surface area contributed by atoms with Crippen molar-refractivity contribution in [2.75, 3.05) is 5.75 Å². The first-order valence-electron chi connectivity index (χ1n) is 12.3. The molecular formula is C25H30N4O8S. The second-order valence-electron chi connectivity index (χ2n) is 9.94. The topological polar surface area (TPSA) is 183 Å². The van der Waals surface area contributed by atoms with Crippen LogP contribution in [0.15, 0.2) is 39.2 Å². The fourth-order valence-electron chi connectivity index (χ4n) is 4.92. The quantitative estimate of drug-likeness (QED) is 0.156. The highest BCUT2D eigenvalue weighted by molar-refractivity contribution is 8.00. The Morgan fingerprint density at radius 1 is 1.26 bits per heavy atom. The molecule has 1 saturated carbocycles. The number of rotatable bonds is 9. The summed E-state index contributed by atoms with van der Waals surface area (Å²) < 4.78 is 5.25. The van der Waals surface area contributed by atoms with E-state index in [2.05, 4.69) is 10.5 Å². The predicted octanol–water partition coefficient (Wildman–Crippen LogP) is 2.45. The van der Waals surface area contributed by atoms with Crippen LogP contribution in [0, 0.1) is 17.2 Å². The molecule has 0 spiro atoms. The summed E-state index contributed by atoms with van der Waals surface area (Å²) in [5, 5.41) is 32.9. The van der Waals surface area contributed by atoms with Crippen LogP contribution >= 0.6 is 11.8 Å². The van der Waals surface area contributed by atoms with Crippen molar-refractivity contribution in [1.82, 2.24) is 10.2 Å². The standard InChI is InChI=1S/C25H30N4O8S/c1-25(2,24(34)35)37-28-17(16-9-6-10-36-16)20(30)27-18-21(31)29-19(23(32)33)15(12-38-22(18)29)14-8-5-3-4-7-13(14)11-26/h6,9-11,13-14,18,22,26H,3-5,7-8,12H2,1-2H3,(H,27,30)(H,32,33)(H,34,35)/t13?,14?,18-,22-/m1/s1. The van der Waals surface area contributed by atoms with Crippen LogP contribution in [0.1, 0.15) is 51.7 Å². The minimum atomic E-state index is -1.73. The largest absolute Gasteiger partial charge is 0.478 e. The molecule has 4 N–H and O–H groups in total. The van der Waals surface area contributed by atoms with Crippen molar-refractivity contribution in [1.29, 1.82) is 5.41 Å². The lowest BCUT2D eigenvalue weighted by Crippen LogP contribution is -2.71. The van der Waals surface area contributed by atoms with Crippen molar-refractivity contribution in [2.45, 2.75) is 63.0 Å². The van der Waals surface area contributed by atoms with Crippen LogP contribution in [-0.2, 0) is 24.0 Å². The van der Waals surface area contributed by atoms with Crippen LogP contribution in [0.3, 0.4) is 0 Å². The van der Waals surface area contributed by atoms with Crippen molar-refractivity contribution < 1.29 is 38.6 Å². The number of thioether (sulfide) groups is 1. The van der Waals surface area contributed by atoms with Gasteiger partial charge in [-0.05, 0) is 56.5 Å². The molecule has 1 aromatic heterocycles. The Morgan fingerprint density at radius 3 is 2.63 bits per heavy atom. The molecule has 2 fully saturated rings. The summed E-state index contributed by atoms with van der Waals surface area (Å²) in [5.74, 6) is -3.74. The van der Waals surface area contributed by atoms with Gasteiger partial charge in [-0.2, -0.15) is 0 Å². The number of carbonyl (C=O) groups is 4. The normalized spacial score (nSPS) is 26.1. The van der Waals surface area contributed by atoms with Gasteiger partial charge in [0.25, 0.3) is 11.8 Å². The summed E-state index contributed by atoms with van der Waals surface area (Å²) in [5.41, 5.74) is -1.49. The first kappa shape index (κ1) is 27.4. The van der Waals surface area contributed by atoms with Crippen molar-refractivity contribution in [2.24, 2.45) is 17.0 Å². The van der Waals surface area contributed by atoms with Gasteiger partial charge in [0.15, 0.2) is 5.76 Å². The summed E-state index contributed by atoms with van der Waals surface area (Å²) in [7, 11) is 0. The molecule has 204 valence electrons. The van der Waals surface area contributed by atoms with Crippen LogP contribution in [-0.4, -0.2) is 73.6 Å². The van der Waals surface area contributed by atoms with E-state index in [9.17, 15) is 29.4 Å². The number of fused-ring (bicyclic) bond motifs is 1. The Hall–Kier alpha value is -3.61. The Kier molecular flexibility index (Phi) is 7.95. The van der Waals surface area contributed by atoms with E-state index in [-0.39, 0.29) is 29.0 Å². The van der Waals surface area contributed by atoms with Gasteiger partial charge in [0.2, 0.25) is 11.3 Å². The fourth-order valence-corrected chi connectivity index (χ4v) is 6.35. The second kappa shape index (κ2) is 11.0. The van der Waals surface area contributed by atoms with Crippen LogP contribution in [0.5, 0.6) is 0 Å². The highest BCUT2D eigenvalue weighted by Gasteiger charge is 2.55. The number of carbonyl (C=O) groups excluding carboxylic acids is 2. The van der Waals surface area contributed by atoms with Gasteiger partial charge in [-0.1, -0.05) is 24.4 Å². The third-order valence-electron chi connectivity index (χ3n) is 7.07. The number of nitrogens with one attached hydrogen (secondary N) is 2. The van der Waals surface area contributed by atoms with E-state index in [1.807, 2.05) is 0 Å². The molecule has 2 unspecified atom stereocenters. The number of aliphatic carboxylic acids is 2. The van der Waals surface area contributed by atoms with Crippen molar-refractivity contribution in [3.8, 4) is 0 Å². The fraction of sp³-hybridized carbons (Fsp3) is 0.520. The lowest BCUT2D eigenvalue weighted by molar-refractivity contribution is -0.161. The van der Waals surface area contributed by atoms with Gasteiger partial charge in [0.1, 0.15) is 17.1 Å². The van der Waals surface area contributed by atoms with Crippen molar-refractivity contribution >= 4 is 47.4 Å². The maximum Gasteiger partial charge on any atom is 0.352 e. The van der Waals surface area contributed by atoms with E-state index < -0.39 is 40.8 Å². The number of nitrogens with zero attached hydrogens (tertiary/aromatic N) is 2. The van der Waals surface area contributed by atoms with E-state index >= 15 is 0 Å². The lowest BCUT2D eigenvalue weighted by atomic mass is 9.81. The molecule has 3 heterocycles. The summed E-state index contributed by atoms with van der Waals surface area (Å²) in [4.78, 5) is 56.4. The molecule has 1 aromatic rings. The first-order chi connectivity index (χ1) is 18.1. The number of oxime groups is 1. The monoisotopic (exact) mass is 546 g/mol. The van der Waals surface area contributed by atoms with Crippen molar-refractivity contribution in [3.05, 3.63) is 35.4 Å². The molecule has 13 heteroatoms. The maximum absolute atomic E-state index is 13.2. The summed E-state index contributed by atoms with van der Waals surface area (Å²) in [6.45, 7) is 2.52. The van der Waals surface area contributed by atoms with Gasteiger partial charge in [-0.25, -0.2) is 9.59 Å². The average Bonchev–Trinajstić information content (AvgIpc) is 3.30. The third-order valence-corrected chi connectivity index (χ3v) is 8.37. The molecule has 4 rings (SSSR count). The van der Waals surface area contributed by atoms with Gasteiger partial charge in [0, 0.05) is 11.7 Å². The Morgan fingerprint density at radius 2 is 2.00 bits per heavy atom. The Balaban J connectivity index is 1.57. The van der Waals surface area contributed by atoms with E-state index in [1.165, 1.54) is 55.1 Å². The molecule has 2 amide bonds. The molecule has 2 aliphatic heterocycles. The minimum Gasteiger partial charge on any atom is -0.478 e. The van der Waals surface area contributed by atoms with Gasteiger partial charge in [-0.15, -0.1) is 11.8 Å². The van der Waals surface area contributed by atoms with Crippen LogP contribution in [0.4, 0.5) is 0 Å². The predicted molar refractivity (Wildman–Crippen MR) is 137 cm³/mol. The van der Waals surface area contributed by atoms with Crippen LogP contribution < -0.4 is 5.32 Å². The molecule has 1 saturated heterocycles. The third kappa shape index (κ3) is 5.19. The number of carboxylic acids is 2. The van der Waals surface area contributed by atoms with E-state index in [4.69, 9.17) is 14.7 Å². The number of carboxylic acid groups (broad SMARTS) is 2. The highest BCUT2D eigenvalue weighted by Crippen LogP contribution is 2.45. The number of hydrogen-bond donors (Lipinski definition) is 4. The van der Waals surface area contributed by atoms with E-state index in [1.54, 1.807) is 0 Å². The zero-order valence-electron chi connectivity index (χ0n) is 21.0. The summed E-state index contributed by atoms with van der Waals surface area (Å²) in [6, 6.07) is 1.92. The molecule has 1 aliphatic carbocycles. The zero-order valence-corrected chi connectivity index (χ0v) is 21.8. The van der Waals surface area contributed by atoms with Crippen molar-refractivity contribution in [3.63, 3.8) is 0 Å². The molecule has 38 heavy (non-hydrogen) atoms. The molecule has 4 atom stereocenters. The Bertz CT molecular complexity index is 1190. The summed E-state index contributed by atoms with van der Waals surface area (Å²) >= 11 is 1.36. The van der Waals surface area contributed by atoms with E-state index in [0.29, 0.717) is 11.3 Å².